The highest BCUT2D eigenvalue weighted by molar-refractivity contribution is 7.89. The third-order valence-electron chi connectivity index (χ3n) is 3.48. The van der Waals surface area contributed by atoms with Crippen molar-refractivity contribution in [3.8, 4) is 5.75 Å². The molecule has 1 aliphatic heterocycles. The molecule has 0 atom stereocenters. The first-order valence-corrected chi connectivity index (χ1v) is 8.33. The summed E-state index contributed by atoms with van der Waals surface area (Å²) in [7, 11) is -3.05. The molecule has 0 N–H and O–H groups in total. The van der Waals surface area contributed by atoms with Crippen LogP contribution in [-0.2, 0) is 10.0 Å². The molecule has 0 aromatic heterocycles. The fourth-order valence-corrected chi connectivity index (χ4v) is 3.35. The van der Waals surface area contributed by atoms with E-state index >= 15 is 0 Å². The number of aryl methyl sites for hydroxylation is 1. The first kappa shape index (κ1) is 14.3. The maximum absolute atomic E-state index is 11.7. The number of hydrogen-bond donors (Lipinski definition) is 0. The Morgan fingerprint density at radius 1 is 1.21 bits per heavy atom. The highest BCUT2D eigenvalue weighted by atomic mass is 32.2. The van der Waals surface area contributed by atoms with E-state index in [1.807, 2.05) is 31.2 Å². The molecule has 1 aromatic carbocycles. The zero-order valence-electron chi connectivity index (χ0n) is 11.5. The molecule has 1 aromatic rings. The molecule has 1 heterocycles. The number of piperidine rings is 1. The Hall–Kier alpha value is -1.07. The van der Waals surface area contributed by atoms with E-state index in [2.05, 4.69) is 0 Å². The van der Waals surface area contributed by atoms with E-state index in [0.29, 0.717) is 13.1 Å². The highest BCUT2D eigenvalue weighted by Gasteiger charge is 2.27. The summed E-state index contributed by atoms with van der Waals surface area (Å²) in [6.07, 6.45) is 1.63. The maximum Gasteiger partial charge on any atom is 0.213 e. The minimum atomic E-state index is -3.05. The summed E-state index contributed by atoms with van der Waals surface area (Å²) in [5, 5.41) is 0. The van der Waals surface area contributed by atoms with Gasteiger partial charge in [-0.1, -0.05) is 17.7 Å². The highest BCUT2D eigenvalue weighted by Crippen LogP contribution is 2.20. The van der Waals surface area contributed by atoms with Crippen LogP contribution in [0.4, 0.5) is 0 Å². The van der Waals surface area contributed by atoms with Crippen molar-refractivity contribution in [2.75, 3.05) is 18.8 Å². The van der Waals surface area contributed by atoms with Crippen LogP contribution in [0.15, 0.2) is 24.3 Å². The number of nitrogens with zero attached hydrogens (tertiary/aromatic N) is 1. The molecule has 1 saturated heterocycles. The van der Waals surface area contributed by atoms with Crippen molar-refractivity contribution in [3.05, 3.63) is 29.8 Å². The molecule has 4 nitrogen and oxygen atoms in total. The lowest BCUT2D eigenvalue weighted by Gasteiger charge is -2.31. The van der Waals surface area contributed by atoms with Gasteiger partial charge in [0.15, 0.2) is 0 Å². The van der Waals surface area contributed by atoms with Crippen LogP contribution in [0.1, 0.15) is 25.3 Å². The van der Waals surface area contributed by atoms with Gasteiger partial charge in [-0.3, -0.25) is 0 Å². The van der Waals surface area contributed by atoms with Gasteiger partial charge in [0.2, 0.25) is 10.0 Å². The van der Waals surface area contributed by atoms with E-state index in [1.54, 1.807) is 11.2 Å². The fourth-order valence-electron chi connectivity index (χ4n) is 2.22. The molecule has 0 aliphatic carbocycles. The molecule has 0 radical (unpaired) electrons. The van der Waals surface area contributed by atoms with Crippen LogP contribution < -0.4 is 4.74 Å². The Labute approximate surface area is 115 Å². The normalized spacial score (nSPS) is 18.4. The topological polar surface area (TPSA) is 46.6 Å². The van der Waals surface area contributed by atoms with Crippen molar-refractivity contribution in [3.63, 3.8) is 0 Å². The second kappa shape index (κ2) is 5.92. The van der Waals surface area contributed by atoms with Crippen LogP contribution in [0.3, 0.4) is 0 Å². The van der Waals surface area contributed by atoms with Crippen LogP contribution in [0.2, 0.25) is 0 Å². The van der Waals surface area contributed by atoms with Crippen LogP contribution >= 0.6 is 0 Å². The Balaban J connectivity index is 1.89. The molecule has 0 amide bonds. The molecule has 0 saturated carbocycles. The van der Waals surface area contributed by atoms with Crippen LogP contribution in [0.5, 0.6) is 5.75 Å². The Bertz CT molecular complexity index is 502. The van der Waals surface area contributed by atoms with Gasteiger partial charge in [0.25, 0.3) is 0 Å². The molecular weight excluding hydrogens is 262 g/mol. The molecule has 0 bridgehead atoms. The van der Waals surface area contributed by atoms with Gasteiger partial charge in [0.05, 0.1) is 5.75 Å². The monoisotopic (exact) mass is 283 g/mol. The van der Waals surface area contributed by atoms with Gasteiger partial charge in [-0.15, -0.1) is 0 Å². The van der Waals surface area contributed by atoms with Crippen molar-refractivity contribution in [2.45, 2.75) is 32.8 Å². The largest absolute Gasteiger partial charge is 0.490 e. The van der Waals surface area contributed by atoms with Crippen molar-refractivity contribution in [1.82, 2.24) is 4.31 Å². The van der Waals surface area contributed by atoms with Crippen LogP contribution in [-0.4, -0.2) is 37.7 Å². The van der Waals surface area contributed by atoms with Gasteiger partial charge in [-0.2, -0.15) is 0 Å². The summed E-state index contributed by atoms with van der Waals surface area (Å²) >= 11 is 0. The molecule has 0 unspecified atom stereocenters. The molecule has 106 valence electrons. The molecule has 1 aliphatic rings. The van der Waals surface area contributed by atoms with Gasteiger partial charge < -0.3 is 4.74 Å². The summed E-state index contributed by atoms with van der Waals surface area (Å²) in [5.74, 6) is 1.04. The molecule has 1 fully saturated rings. The summed E-state index contributed by atoms with van der Waals surface area (Å²) in [4.78, 5) is 0. The van der Waals surface area contributed by atoms with Gasteiger partial charge >= 0.3 is 0 Å². The minimum absolute atomic E-state index is 0.117. The Morgan fingerprint density at radius 3 is 2.32 bits per heavy atom. The first-order valence-electron chi connectivity index (χ1n) is 6.72. The lowest BCUT2D eigenvalue weighted by Crippen LogP contribution is -2.42. The van der Waals surface area contributed by atoms with Gasteiger partial charge in [-0.25, -0.2) is 12.7 Å². The van der Waals surface area contributed by atoms with Crippen molar-refractivity contribution < 1.29 is 13.2 Å². The van der Waals surface area contributed by atoms with E-state index in [9.17, 15) is 8.42 Å². The number of sulfonamides is 1. The number of hydrogen-bond acceptors (Lipinski definition) is 3. The summed E-state index contributed by atoms with van der Waals surface area (Å²) in [6, 6.07) is 7.97. The number of rotatable bonds is 4. The van der Waals surface area contributed by atoms with Crippen LogP contribution in [0.25, 0.3) is 0 Å². The number of ether oxygens (including phenoxy) is 1. The third kappa shape index (κ3) is 3.70. The van der Waals surface area contributed by atoms with Crippen molar-refractivity contribution >= 4 is 10.0 Å². The summed E-state index contributed by atoms with van der Waals surface area (Å²) in [5.41, 5.74) is 1.20. The summed E-state index contributed by atoms with van der Waals surface area (Å²) < 4.78 is 30.9. The average molecular weight is 283 g/mol. The zero-order chi connectivity index (χ0) is 13.9. The lowest BCUT2D eigenvalue weighted by molar-refractivity contribution is 0.135. The van der Waals surface area contributed by atoms with Gasteiger partial charge in [-0.05, 0) is 38.8 Å². The SMILES string of the molecule is CCS(=O)(=O)N1CCC(Oc2ccc(C)cc2)CC1. The zero-order valence-corrected chi connectivity index (χ0v) is 12.3. The Kier molecular flexibility index (Phi) is 4.47. The molecular formula is C14H21NO3S. The maximum atomic E-state index is 11.7. The van der Waals surface area contributed by atoms with Crippen LogP contribution in [0, 0.1) is 6.92 Å². The van der Waals surface area contributed by atoms with E-state index in [-0.39, 0.29) is 11.9 Å². The average Bonchev–Trinajstić information content (AvgIpc) is 2.42. The Morgan fingerprint density at radius 2 is 1.79 bits per heavy atom. The molecule has 2 rings (SSSR count). The second-order valence-corrected chi connectivity index (χ2v) is 7.19. The fraction of sp³-hybridized carbons (Fsp3) is 0.571. The van der Waals surface area contributed by atoms with Crippen molar-refractivity contribution in [1.29, 1.82) is 0 Å². The van der Waals surface area contributed by atoms with E-state index in [1.165, 1.54) is 5.56 Å². The third-order valence-corrected chi connectivity index (χ3v) is 5.36. The summed E-state index contributed by atoms with van der Waals surface area (Å²) in [6.45, 7) is 4.85. The quantitative estimate of drug-likeness (QED) is 0.851. The van der Waals surface area contributed by atoms with Gasteiger partial charge in [0.1, 0.15) is 11.9 Å². The predicted molar refractivity (Wildman–Crippen MR) is 75.9 cm³/mol. The van der Waals surface area contributed by atoms with E-state index in [0.717, 1.165) is 18.6 Å². The molecule has 5 heteroatoms. The molecule has 0 spiro atoms. The van der Waals surface area contributed by atoms with E-state index in [4.69, 9.17) is 4.74 Å². The standard InChI is InChI=1S/C14H21NO3S/c1-3-19(16,17)15-10-8-14(9-11-15)18-13-6-4-12(2)5-7-13/h4-7,14H,3,8-11H2,1-2H3. The molecule has 19 heavy (non-hydrogen) atoms. The minimum Gasteiger partial charge on any atom is -0.490 e. The number of benzene rings is 1. The van der Waals surface area contributed by atoms with Crippen molar-refractivity contribution in [2.24, 2.45) is 0 Å². The predicted octanol–water partition coefficient (Wildman–Crippen LogP) is 2.19. The second-order valence-electron chi connectivity index (χ2n) is 4.93. The van der Waals surface area contributed by atoms with Gasteiger partial charge in [0, 0.05) is 13.1 Å². The lowest BCUT2D eigenvalue weighted by atomic mass is 10.1. The first-order chi connectivity index (χ1) is 9.01. The van der Waals surface area contributed by atoms with E-state index < -0.39 is 10.0 Å². The smallest absolute Gasteiger partial charge is 0.213 e.